The van der Waals surface area contributed by atoms with Crippen LogP contribution in [0.3, 0.4) is 0 Å². The molecule has 1 aliphatic rings. The molecule has 0 aliphatic carbocycles. The van der Waals surface area contributed by atoms with Crippen molar-refractivity contribution in [3.63, 3.8) is 0 Å². The smallest absolute Gasteiger partial charge is 0.228 e. The number of anilines is 1. The van der Waals surface area contributed by atoms with Crippen molar-refractivity contribution in [2.24, 2.45) is 5.92 Å². The zero-order valence-electron chi connectivity index (χ0n) is 13.5. The molecular weight excluding hydrogens is 290 g/mol. The van der Waals surface area contributed by atoms with Gasteiger partial charge in [-0.25, -0.2) is 0 Å². The lowest BCUT2D eigenvalue weighted by molar-refractivity contribution is -0.137. The first-order chi connectivity index (χ1) is 11.1. The maximum atomic E-state index is 12.6. The van der Waals surface area contributed by atoms with Gasteiger partial charge in [-0.05, 0) is 25.0 Å². The Bertz CT molecular complexity index is 757. The second kappa shape index (κ2) is 6.36. The third-order valence-corrected chi connectivity index (χ3v) is 4.42. The summed E-state index contributed by atoms with van der Waals surface area (Å²) in [5, 5.41) is 3.94. The van der Waals surface area contributed by atoms with Gasteiger partial charge in [0.05, 0.1) is 11.2 Å². The van der Waals surface area contributed by atoms with Crippen LogP contribution in [0.2, 0.25) is 0 Å². The van der Waals surface area contributed by atoms with Gasteiger partial charge >= 0.3 is 0 Å². The van der Waals surface area contributed by atoms with Crippen LogP contribution in [0.4, 0.5) is 5.69 Å². The van der Waals surface area contributed by atoms with E-state index in [0.29, 0.717) is 13.0 Å². The highest BCUT2D eigenvalue weighted by Crippen LogP contribution is 2.25. The molecule has 2 heterocycles. The Balaban J connectivity index is 1.86. The Morgan fingerprint density at radius 2 is 2.17 bits per heavy atom. The summed E-state index contributed by atoms with van der Waals surface area (Å²) in [4.78, 5) is 30.6. The minimum atomic E-state index is -0.254. The summed E-state index contributed by atoms with van der Waals surface area (Å²) in [7, 11) is 1.78. The van der Waals surface area contributed by atoms with E-state index >= 15 is 0 Å². The number of para-hydroxylation sites is 1. The first kappa shape index (κ1) is 15.5. The molecule has 1 saturated heterocycles. The lowest BCUT2D eigenvalue weighted by atomic mass is 9.95. The number of piperidine rings is 1. The molecule has 1 atom stereocenters. The third-order valence-electron chi connectivity index (χ3n) is 4.42. The molecular formula is C18H21N3O2. The van der Waals surface area contributed by atoms with E-state index in [1.54, 1.807) is 11.9 Å². The molecule has 1 N–H and O–H groups in total. The normalized spacial score (nSPS) is 18.3. The zero-order chi connectivity index (χ0) is 16.4. The monoisotopic (exact) mass is 311 g/mol. The second-order valence-electron chi connectivity index (χ2n) is 6.03. The van der Waals surface area contributed by atoms with Crippen molar-refractivity contribution in [2.45, 2.75) is 26.2 Å². The van der Waals surface area contributed by atoms with Crippen LogP contribution in [-0.2, 0) is 16.0 Å². The molecule has 2 amide bonds. The van der Waals surface area contributed by atoms with Crippen LogP contribution < -0.4 is 5.32 Å². The minimum Gasteiger partial charge on any atom is -0.346 e. The van der Waals surface area contributed by atoms with E-state index in [0.717, 1.165) is 28.7 Å². The second-order valence-corrected chi connectivity index (χ2v) is 6.03. The number of fused-ring (bicyclic) bond motifs is 1. The molecule has 0 radical (unpaired) electrons. The van der Waals surface area contributed by atoms with Crippen LogP contribution >= 0.6 is 0 Å². The van der Waals surface area contributed by atoms with Crippen molar-refractivity contribution >= 4 is 28.4 Å². The van der Waals surface area contributed by atoms with Gasteiger partial charge in [0, 0.05) is 37.0 Å². The number of hydrogen-bond donors (Lipinski definition) is 1. The molecule has 1 aliphatic heterocycles. The molecule has 0 spiro atoms. The molecule has 5 heteroatoms. The molecule has 120 valence electrons. The molecule has 0 bridgehead atoms. The highest BCUT2D eigenvalue weighted by Gasteiger charge is 2.28. The van der Waals surface area contributed by atoms with Crippen LogP contribution in [0.5, 0.6) is 0 Å². The molecule has 2 aromatic rings. The van der Waals surface area contributed by atoms with E-state index in [9.17, 15) is 9.59 Å². The van der Waals surface area contributed by atoms with Gasteiger partial charge in [-0.1, -0.05) is 25.1 Å². The third kappa shape index (κ3) is 3.18. The number of nitrogens with one attached hydrogen (secondary N) is 1. The van der Waals surface area contributed by atoms with Crippen LogP contribution in [-0.4, -0.2) is 35.3 Å². The summed E-state index contributed by atoms with van der Waals surface area (Å²) in [6, 6.07) is 9.71. The predicted molar refractivity (Wildman–Crippen MR) is 90.1 cm³/mol. The fraction of sp³-hybridized carbons (Fsp3) is 0.389. The van der Waals surface area contributed by atoms with Gasteiger partial charge in [0.1, 0.15) is 0 Å². The Labute approximate surface area is 135 Å². The van der Waals surface area contributed by atoms with E-state index in [1.807, 2.05) is 37.3 Å². The minimum absolute atomic E-state index is 0.0326. The quantitative estimate of drug-likeness (QED) is 0.947. The summed E-state index contributed by atoms with van der Waals surface area (Å²) < 4.78 is 0. The number of carbonyl (C=O) groups excluding carboxylic acids is 2. The van der Waals surface area contributed by atoms with Crippen molar-refractivity contribution < 1.29 is 9.59 Å². The number of aryl methyl sites for hydroxylation is 1. The van der Waals surface area contributed by atoms with E-state index in [1.165, 1.54) is 0 Å². The Hall–Kier alpha value is -2.43. The number of amides is 2. The van der Waals surface area contributed by atoms with Crippen LogP contribution in [0.15, 0.2) is 30.3 Å². The van der Waals surface area contributed by atoms with E-state index in [-0.39, 0.29) is 24.2 Å². The predicted octanol–water partition coefficient (Wildman–Crippen LogP) is 2.60. The number of nitrogens with zero attached hydrogens (tertiary/aromatic N) is 2. The van der Waals surface area contributed by atoms with Crippen molar-refractivity contribution in [2.75, 3.05) is 18.9 Å². The van der Waals surface area contributed by atoms with Crippen LogP contribution in [0.25, 0.3) is 10.9 Å². The van der Waals surface area contributed by atoms with E-state index in [2.05, 4.69) is 10.3 Å². The topological polar surface area (TPSA) is 62.3 Å². The maximum absolute atomic E-state index is 12.6. The summed E-state index contributed by atoms with van der Waals surface area (Å²) in [6.07, 6.45) is 1.80. The average molecular weight is 311 g/mol. The standard InChI is InChI=1S/C18H21N3O2/c1-3-13-11-16(14-6-4-5-7-15(14)19-13)20-18(23)12-8-9-21(2)17(22)10-12/h4-7,11-12H,3,8-10H2,1-2H3,(H,19,20,23). The highest BCUT2D eigenvalue weighted by atomic mass is 16.2. The summed E-state index contributed by atoms with van der Waals surface area (Å²) in [5.74, 6) is -0.300. The van der Waals surface area contributed by atoms with E-state index in [4.69, 9.17) is 0 Å². The lowest BCUT2D eigenvalue weighted by Crippen LogP contribution is -2.39. The lowest BCUT2D eigenvalue weighted by Gasteiger charge is -2.28. The molecule has 23 heavy (non-hydrogen) atoms. The number of carbonyl (C=O) groups is 2. The Morgan fingerprint density at radius 3 is 2.91 bits per heavy atom. The van der Waals surface area contributed by atoms with E-state index < -0.39 is 0 Å². The fourth-order valence-electron chi connectivity index (χ4n) is 2.92. The molecule has 5 nitrogen and oxygen atoms in total. The van der Waals surface area contributed by atoms with Crippen molar-refractivity contribution in [3.05, 3.63) is 36.0 Å². The van der Waals surface area contributed by atoms with Gasteiger partial charge in [-0.2, -0.15) is 0 Å². The van der Waals surface area contributed by atoms with Crippen molar-refractivity contribution in [1.29, 1.82) is 0 Å². The van der Waals surface area contributed by atoms with Crippen LogP contribution in [0, 0.1) is 5.92 Å². The number of rotatable bonds is 3. The van der Waals surface area contributed by atoms with Gasteiger partial charge in [-0.3, -0.25) is 14.6 Å². The number of pyridine rings is 1. The van der Waals surface area contributed by atoms with Gasteiger partial charge in [0.25, 0.3) is 0 Å². The molecule has 1 aromatic heterocycles. The summed E-state index contributed by atoms with van der Waals surface area (Å²) >= 11 is 0. The van der Waals surface area contributed by atoms with Gasteiger partial charge in [-0.15, -0.1) is 0 Å². The summed E-state index contributed by atoms with van der Waals surface area (Å²) in [5.41, 5.74) is 2.60. The number of likely N-dealkylation sites (tertiary alicyclic amines) is 1. The zero-order valence-corrected chi connectivity index (χ0v) is 13.5. The molecule has 1 unspecified atom stereocenters. The number of hydrogen-bond acceptors (Lipinski definition) is 3. The highest BCUT2D eigenvalue weighted by molar-refractivity contribution is 6.03. The van der Waals surface area contributed by atoms with Crippen LogP contribution in [0.1, 0.15) is 25.5 Å². The van der Waals surface area contributed by atoms with Gasteiger partial charge < -0.3 is 10.2 Å². The summed E-state index contributed by atoms with van der Waals surface area (Å²) in [6.45, 7) is 2.67. The van der Waals surface area contributed by atoms with Crippen molar-refractivity contribution in [1.82, 2.24) is 9.88 Å². The molecule has 1 fully saturated rings. The number of aromatic nitrogens is 1. The first-order valence-corrected chi connectivity index (χ1v) is 8.02. The van der Waals surface area contributed by atoms with Crippen molar-refractivity contribution in [3.8, 4) is 0 Å². The SMILES string of the molecule is CCc1cc(NC(=O)C2CCN(C)C(=O)C2)c2ccccc2n1. The fourth-order valence-corrected chi connectivity index (χ4v) is 2.92. The molecule has 3 rings (SSSR count). The van der Waals surface area contributed by atoms with Gasteiger partial charge in [0.2, 0.25) is 11.8 Å². The number of benzene rings is 1. The maximum Gasteiger partial charge on any atom is 0.228 e. The molecule has 1 aromatic carbocycles. The average Bonchev–Trinajstić information content (AvgIpc) is 2.57. The Morgan fingerprint density at radius 1 is 1.39 bits per heavy atom. The Kier molecular flexibility index (Phi) is 4.28. The molecule has 0 saturated carbocycles. The van der Waals surface area contributed by atoms with Gasteiger partial charge in [0.15, 0.2) is 0 Å². The first-order valence-electron chi connectivity index (χ1n) is 8.02. The largest absolute Gasteiger partial charge is 0.346 e.